The van der Waals surface area contributed by atoms with Crippen molar-refractivity contribution in [2.45, 2.75) is 18.9 Å². The first kappa shape index (κ1) is 15.9. The summed E-state index contributed by atoms with van der Waals surface area (Å²) in [6.45, 7) is 1.04. The van der Waals surface area contributed by atoms with E-state index in [2.05, 4.69) is 10.1 Å². The number of methoxy groups -OCH3 is 1. The monoisotopic (exact) mass is 312 g/mol. The van der Waals surface area contributed by atoms with E-state index < -0.39 is 5.97 Å². The minimum absolute atomic E-state index is 0.166. The Balaban J connectivity index is 1.81. The summed E-state index contributed by atoms with van der Waals surface area (Å²) in [7, 11) is 3.19. The van der Waals surface area contributed by atoms with E-state index in [1.807, 2.05) is 11.9 Å². The number of hydrogen-bond acceptors (Lipinski definition) is 6. The van der Waals surface area contributed by atoms with Gasteiger partial charge in [0, 0.05) is 6.54 Å². The molecule has 0 radical (unpaired) electrons. The molecule has 0 atom stereocenters. The molecule has 1 aliphatic rings. The fourth-order valence-corrected chi connectivity index (χ4v) is 3.21. The molecular weight excluding hydrogens is 292 g/mol. The minimum atomic E-state index is -0.447. The van der Waals surface area contributed by atoms with Crippen molar-refractivity contribution in [3.63, 3.8) is 0 Å². The number of carbonyl (C=O) groups is 2. The Hall–Kier alpha value is -1.44. The maximum atomic E-state index is 12.0. The quantitative estimate of drug-likeness (QED) is 0.771. The zero-order valence-corrected chi connectivity index (χ0v) is 13.0. The van der Waals surface area contributed by atoms with E-state index in [0.29, 0.717) is 16.5 Å². The standard InChI is InChI=1S/C14H20N2O4S/c1-16(7-9-5-10(17)6-9)8-12(18)15-11-3-4-21-13(11)14(19)20-2/h3-4,9-10,17H,5-8H2,1-2H3,(H,15,18). The van der Waals surface area contributed by atoms with E-state index in [9.17, 15) is 14.7 Å². The first-order valence-corrected chi connectivity index (χ1v) is 7.69. The van der Waals surface area contributed by atoms with Gasteiger partial charge in [-0.2, -0.15) is 0 Å². The van der Waals surface area contributed by atoms with E-state index in [1.165, 1.54) is 18.4 Å². The summed E-state index contributed by atoms with van der Waals surface area (Å²) in [6.07, 6.45) is 1.44. The molecule has 116 valence electrons. The van der Waals surface area contributed by atoms with Crippen LogP contribution in [0.2, 0.25) is 0 Å². The molecule has 1 aliphatic carbocycles. The Morgan fingerprint density at radius 1 is 1.52 bits per heavy atom. The van der Waals surface area contributed by atoms with Crippen molar-refractivity contribution in [1.82, 2.24) is 4.90 Å². The number of esters is 1. The number of ether oxygens (including phenoxy) is 1. The summed E-state index contributed by atoms with van der Waals surface area (Å²) in [5, 5.41) is 13.7. The van der Waals surface area contributed by atoms with Crippen molar-refractivity contribution >= 4 is 28.9 Å². The van der Waals surface area contributed by atoms with Gasteiger partial charge in [-0.05, 0) is 37.3 Å². The topological polar surface area (TPSA) is 78.9 Å². The molecule has 1 fully saturated rings. The molecule has 0 spiro atoms. The van der Waals surface area contributed by atoms with Crippen molar-refractivity contribution in [2.75, 3.05) is 32.6 Å². The molecule has 21 heavy (non-hydrogen) atoms. The number of anilines is 1. The van der Waals surface area contributed by atoms with Crippen molar-refractivity contribution in [2.24, 2.45) is 5.92 Å². The predicted octanol–water partition coefficient (Wildman–Crippen LogP) is 1.18. The highest BCUT2D eigenvalue weighted by Crippen LogP contribution is 2.27. The molecule has 1 heterocycles. The summed E-state index contributed by atoms with van der Waals surface area (Å²) in [5.41, 5.74) is 0.490. The molecular formula is C14H20N2O4S. The lowest BCUT2D eigenvalue weighted by Gasteiger charge is -2.34. The third kappa shape index (κ3) is 4.26. The van der Waals surface area contributed by atoms with Gasteiger partial charge in [0.15, 0.2) is 0 Å². The Morgan fingerprint density at radius 2 is 2.24 bits per heavy atom. The molecule has 2 N–H and O–H groups in total. The first-order chi connectivity index (χ1) is 9.99. The van der Waals surface area contributed by atoms with Crippen LogP contribution < -0.4 is 5.32 Å². The smallest absolute Gasteiger partial charge is 0.350 e. The van der Waals surface area contributed by atoms with E-state index in [4.69, 9.17) is 0 Å². The van der Waals surface area contributed by atoms with Crippen molar-refractivity contribution in [3.05, 3.63) is 16.3 Å². The van der Waals surface area contributed by atoms with Gasteiger partial charge in [0.1, 0.15) is 4.88 Å². The molecule has 0 unspecified atom stereocenters. The molecule has 0 bridgehead atoms. The van der Waals surface area contributed by atoms with Crippen LogP contribution >= 0.6 is 11.3 Å². The summed E-state index contributed by atoms with van der Waals surface area (Å²) in [6, 6.07) is 1.69. The average molecular weight is 312 g/mol. The highest BCUT2D eigenvalue weighted by atomic mass is 32.1. The van der Waals surface area contributed by atoms with E-state index in [-0.39, 0.29) is 18.6 Å². The summed E-state index contributed by atoms with van der Waals surface area (Å²) in [5.74, 6) is -0.150. The molecule has 0 aromatic carbocycles. The second kappa shape index (κ2) is 7.02. The Morgan fingerprint density at radius 3 is 2.86 bits per heavy atom. The van der Waals surface area contributed by atoms with Crippen LogP contribution in [-0.2, 0) is 9.53 Å². The molecule has 1 saturated carbocycles. The zero-order chi connectivity index (χ0) is 15.4. The van der Waals surface area contributed by atoms with Crippen LogP contribution in [0.4, 0.5) is 5.69 Å². The van der Waals surface area contributed by atoms with Crippen LogP contribution in [0.1, 0.15) is 22.5 Å². The van der Waals surface area contributed by atoms with E-state index in [1.54, 1.807) is 11.4 Å². The van der Waals surface area contributed by atoms with Gasteiger partial charge in [-0.25, -0.2) is 4.79 Å². The highest BCUT2D eigenvalue weighted by Gasteiger charge is 2.28. The number of likely N-dealkylation sites (N-methyl/N-ethyl adjacent to an activating group) is 1. The Bertz CT molecular complexity index is 511. The normalized spacial score (nSPS) is 21.0. The summed E-state index contributed by atoms with van der Waals surface area (Å²) in [4.78, 5) is 25.8. The van der Waals surface area contributed by atoms with Gasteiger partial charge >= 0.3 is 5.97 Å². The number of hydrogen-bond donors (Lipinski definition) is 2. The van der Waals surface area contributed by atoms with Crippen LogP contribution in [0.15, 0.2) is 11.4 Å². The van der Waals surface area contributed by atoms with Crippen LogP contribution in [-0.4, -0.2) is 55.2 Å². The number of carbonyl (C=O) groups excluding carboxylic acids is 2. The molecule has 1 amide bonds. The molecule has 1 aromatic heterocycles. The number of nitrogens with one attached hydrogen (secondary N) is 1. The van der Waals surface area contributed by atoms with Gasteiger partial charge in [0.2, 0.25) is 5.91 Å². The number of nitrogens with zero attached hydrogens (tertiary/aromatic N) is 1. The summed E-state index contributed by atoms with van der Waals surface area (Å²) < 4.78 is 4.67. The van der Waals surface area contributed by atoms with E-state index >= 15 is 0 Å². The van der Waals surface area contributed by atoms with Crippen molar-refractivity contribution in [1.29, 1.82) is 0 Å². The lowest BCUT2D eigenvalue weighted by atomic mass is 9.82. The average Bonchev–Trinajstić information content (AvgIpc) is 2.83. The van der Waals surface area contributed by atoms with Gasteiger partial charge in [0.05, 0.1) is 25.4 Å². The fraction of sp³-hybridized carbons (Fsp3) is 0.571. The van der Waals surface area contributed by atoms with Gasteiger partial charge < -0.3 is 15.2 Å². The van der Waals surface area contributed by atoms with Gasteiger partial charge in [0.25, 0.3) is 0 Å². The third-order valence-electron chi connectivity index (χ3n) is 3.50. The van der Waals surface area contributed by atoms with Crippen LogP contribution in [0.3, 0.4) is 0 Å². The van der Waals surface area contributed by atoms with Crippen LogP contribution in [0.5, 0.6) is 0 Å². The lowest BCUT2D eigenvalue weighted by Crippen LogP contribution is -2.40. The lowest BCUT2D eigenvalue weighted by molar-refractivity contribution is -0.117. The van der Waals surface area contributed by atoms with E-state index in [0.717, 1.165) is 19.4 Å². The van der Waals surface area contributed by atoms with Gasteiger partial charge in [-0.1, -0.05) is 0 Å². The molecule has 0 aliphatic heterocycles. The highest BCUT2D eigenvalue weighted by molar-refractivity contribution is 7.12. The number of amides is 1. The fourth-order valence-electron chi connectivity index (χ4n) is 2.45. The second-order valence-corrected chi connectivity index (χ2v) is 6.31. The Labute approximate surface area is 127 Å². The number of aliphatic hydroxyl groups is 1. The first-order valence-electron chi connectivity index (χ1n) is 6.82. The third-order valence-corrected chi connectivity index (χ3v) is 4.40. The number of thiophene rings is 1. The van der Waals surface area contributed by atoms with Crippen LogP contribution in [0, 0.1) is 5.92 Å². The van der Waals surface area contributed by atoms with Crippen molar-refractivity contribution < 1.29 is 19.4 Å². The number of rotatable bonds is 6. The van der Waals surface area contributed by atoms with Crippen LogP contribution in [0.25, 0.3) is 0 Å². The van der Waals surface area contributed by atoms with Crippen molar-refractivity contribution in [3.8, 4) is 0 Å². The van der Waals surface area contributed by atoms with Gasteiger partial charge in [-0.15, -0.1) is 11.3 Å². The largest absolute Gasteiger partial charge is 0.465 e. The van der Waals surface area contributed by atoms with Gasteiger partial charge in [-0.3, -0.25) is 9.69 Å². The molecule has 1 aromatic rings. The summed E-state index contributed by atoms with van der Waals surface area (Å²) >= 11 is 1.24. The molecule has 7 heteroatoms. The molecule has 2 rings (SSSR count). The predicted molar refractivity (Wildman–Crippen MR) is 80.5 cm³/mol. The second-order valence-electron chi connectivity index (χ2n) is 5.39. The molecule has 6 nitrogen and oxygen atoms in total. The zero-order valence-electron chi connectivity index (χ0n) is 12.2. The minimum Gasteiger partial charge on any atom is -0.465 e. The maximum absolute atomic E-state index is 12.0. The Kier molecular flexibility index (Phi) is 5.33. The maximum Gasteiger partial charge on any atom is 0.350 e. The SMILES string of the molecule is COC(=O)c1sccc1NC(=O)CN(C)CC1CC(O)C1. The molecule has 0 saturated heterocycles. The number of aliphatic hydroxyl groups excluding tert-OH is 1.